The molecule has 2 aromatic rings. The molecule has 1 N–H and O–H groups in total. The number of hydrogen-bond acceptors (Lipinski definition) is 2. The molecule has 0 saturated heterocycles. The van der Waals surface area contributed by atoms with Gasteiger partial charge in [0, 0.05) is 15.1 Å². The van der Waals surface area contributed by atoms with Crippen molar-refractivity contribution < 1.29 is 9.18 Å². The smallest absolute Gasteiger partial charge is 0.259 e. The summed E-state index contributed by atoms with van der Waals surface area (Å²) in [6.45, 7) is 0. The van der Waals surface area contributed by atoms with E-state index in [1.807, 2.05) is 0 Å². The number of carbonyl (C=O) groups excluding carboxylic acids is 1. The van der Waals surface area contributed by atoms with Gasteiger partial charge in [-0.2, -0.15) is 0 Å². The second-order valence-electron chi connectivity index (χ2n) is 3.54. The predicted molar refractivity (Wildman–Crippen MR) is 79.0 cm³/mol. The Morgan fingerprint density at radius 2 is 2.11 bits per heavy atom. The average Bonchev–Trinajstić information content (AvgIpc) is 2.33. The molecule has 0 aliphatic heterocycles. The van der Waals surface area contributed by atoms with Gasteiger partial charge in [-0.15, -0.1) is 0 Å². The van der Waals surface area contributed by atoms with E-state index < -0.39 is 11.7 Å². The van der Waals surface area contributed by atoms with E-state index in [2.05, 4.69) is 42.2 Å². The summed E-state index contributed by atoms with van der Waals surface area (Å²) < 4.78 is 14.7. The van der Waals surface area contributed by atoms with Crippen molar-refractivity contribution in [2.75, 3.05) is 5.32 Å². The largest absolute Gasteiger partial charge is 0.319 e. The van der Waals surface area contributed by atoms with Crippen molar-refractivity contribution in [2.24, 2.45) is 0 Å². The van der Waals surface area contributed by atoms with Crippen LogP contribution in [-0.4, -0.2) is 10.9 Å². The third-order valence-electron chi connectivity index (χ3n) is 2.24. The zero-order valence-corrected chi connectivity index (χ0v) is 13.2. The lowest BCUT2D eigenvalue weighted by molar-refractivity contribution is 0.102. The highest BCUT2D eigenvalue weighted by Crippen LogP contribution is 2.25. The Labute approximate surface area is 130 Å². The zero-order valence-electron chi connectivity index (χ0n) is 9.25. The van der Waals surface area contributed by atoms with Crippen LogP contribution in [0.15, 0.2) is 39.4 Å². The molecule has 1 amide bonds. The van der Waals surface area contributed by atoms with Crippen LogP contribution in [-0.2, 0) is 0 Å². The standard InChI is InChI=1S/C12H6Br2ClFN2O/c13-6-4-9(11(15)17-5-6)18-12(19)10-7(14)2-1-3-8(10)16/h1-5H,(H,18,19). The number of anilines is 1. The molecule has 3 nitrogen and oxygen atoms in total. The van der Waals surface area contributed by atoms with Crippen molar-refractivity contribution in [2.45, 2.75) is 0 Å². The number of hydrogen-bond donors (Lipinski definition) is 1. The number of carbonyl (C=O) groups is 1. The van der Waals surface area contributed by atoms with Crippen LogP contribution in [0.5, 0.6) is 0 Å². The molecule has 0 radical (unpaired) electrons. The Balaban J connectivity index is 2.34. The number of benzene rings is 1. The van der Waals surface area contributed by atoms with Gasteiger partial charge in [0.2, 0.25) is 0 Å². The third kappa shape index (κ3) is 3.32. The van der Waals surface area contributed by atoms with Gasteiger partial charge >= 0.3 is 0 Å². The first kappa shape index (κ1) is 14.4. The second-order valence-corrected chi connectivity index (χ2v) is 5.67. The Morgan fingerprint density at radius 1 is 1.37 bits per heavy atom. The van der Waals surface area contributed by atoms with Crippen LogP contribution < -0.4 is 5.32 Å². The first-order chi connectivity index (χ1) is 8.99. The fourth-order valence-electron chi connectivity index (χ4n) is 1.41. The maximum Gasteiger partial charge on any atom is 0.259 e. The molecule has 7 heteroatoms. The molecule has 2 rings (SSSR count). The second kappa shape index (κ2) is 5.98. The number of pyridine rings is 1. The highest BCUT2D eigenvalue weighted by molar-refractivity contribution is 9.10. The van der Waals surface area contributed by atoms with Crippen LogP contribution in [0.25, 0.3) is 0 Å². The summed E-state index contributed by atoms with van der Waals surface area (Å²) in [6.07, 6.45) is 1.50. The molecular formula is C12H6Br2ClFN2O. The number of halogens is 4. The molecule has 0 atom stereocenters. The van der Waals surface area contributed by atoms with Crippen LogP contribution in [0.1, 0.15) is 10.4 Å². The molecule has 0 spiro atoms. The van der Waals surface area contributed by atoms with Gasteiger partial charge in [-0.3, -0.25) is 4.79 Å². The molecule has 0 aliphatic rings. The summed E-state index contributed by atoms with van der Waals surface area (Å²) in [4.78, 5) is 15.9. The van der Waals surface area contributed by atoms with E-state index in [4.69, 9.17) is 11.6 Å². The fourth-order valence-corrected chi connectivity index (χ4v) is 2.41. The van der Waals surface area contributed by atoms with Gasteiger partial charge in [0.05, 0.1) is 11.3 Å². The monoisotopic (exact) mass is 406 g/mol. The first-order valence-electron chi connectivity index (χ1n) is 5.05. The number of nitrogens with zero attached hydrogens (tertiary/aromatic N) is 1. The zero-order chi connectivity index (χ0) is 14.0. The number of rotatable bonds is 2. The van der Waals surface area contributed by atoms with Crippen LogP contribution in [0.2, 0.25) is 5.15 Å². The van der Waals surface area contributed by atoms with Crippen molar-refractivity contribution in [3.63, 3.8) is 0 Å². The summed E-state index contributed by atoms with van der Waals surface area (Å²) in [6, 6.07) is 5.88. The van der Waals surface area contributed by atoms with E-state index in [1.165, 1.54) is 18.3 Å². The van der Waals surface area contributed by atoms with Crippen molar-refractivity contribution >= 4 is 55.1 Å². The maximum atomic E-state index is 13.6. The van der Waals surface area contributed by atoms with Crippen molar-refractivity contribution in [1.82, 2.24) is 4.98 Å². The highest BCUT2D eigenvalue weighted by Gasteiger charge is 2.16. The van der Waals surface area contributed by atoms with Crippen molar-refractivity contribution in [3.05, 3.63) is 55.9 Å². The minimum absolute atomic E-state index is 0.0847. The minimum atomic E-state index is -0.619. The van der Waals surface area contributed by atoms with E-state index in [1.54, 1.807) is 12.1 Å². The summed E-state index contributed by atoms with van der Waals surface area (Å²) in [5.74, 6) is -1.22. The van der Waals surface area contributed by atoms with Gasteiger partial charge in [0.15, 0.2) is 5.15 Å². The topological polar surface area (TPSA) is 42.0 Å². The molecule has 1 heterocycles. The van der Waals surface area contributed by atoms with Crippen molar-refractivity contribution in [1.29, 1.82) is 0 Å². The first-order valence-corrected chi connectivity index (χ1v) is 7.02. The van der Waals surface area contributed by atoms with Gasteiger partial charge in [-0.25, -0.2) is 9.37 Å². The van der Waals surface area contributed by atoms with Gasteiger partial charge in [-0.05, 0) is 50.1 Å². The van der Waals surface area contributed by atoms with E-state index in [-0.39, 0.29) is 10.7 Å². The average molecular weight is 408 g/mol. The Morgan fingerprint density at radius 3 is 2.79 bits per heavy atom. The number of amides is 1. The summed E-state index contributed by atoms with van der Waals surface area (Å²) >= 11 is 12.2. The van der Waals surface area contributed by atoms with Crippen LogP contribution in [0.4, 0.5) is 10.1 Å². The SMILES string of the molecule is O=C(Nc1cc(Br)cnc1Cl)c1c(F)cccc1Br. The lowest BCUT2D eigenvalue weighted by atomic mass is 10.2. The van der Waals surface area contributed by atoms with E-state index in [0.717, 1.165) is 0 Å². The van der Waals surface area contributed by atoms with E-state index >= 15 is 0 Å². The van der Waals surface area contributed by atoms with Gasteiger partial charge in [0.1, 0.15) is 5.82 Å². The Bertz CT molecular complexity index is 631. The molecular weight excluding hydrogens is 402 g/mol. The normalized spacial score (nSPS) is 10.3. The molecule has 0 aliphatic carbocycles. The van der Waals surface area contributed by atoms with Crippen LogP contribution >= 0.6 is 43.5 Å². The molecule has 98 valence electrons. The third-order valence-corrected chi connectivity index (χ3v) is 3.64. The van der Waals surface area contributed by atoms with E-state index in [0.29, 0.717) is 14.6 Å². The van der Waals surface area contributed by atoms with Crippen LogP contribution in [0, 0.1) is 5.82 Å². The van der Waals surface area contributed by atoms with Gasteiger partial charge < -0.3 is 5.32 Å². The summed E-state index contributed by atoms with van der Waals surface area (Å²) in [7, 11) is 0. The number of aromatic nitrogens is 1. The Kier molecular flexibility index (Phi) is 4.54. The maximum absolute atomic E-state index is 13.6. The van der Waals surface area contributed by atoms with Crippen molar-refractivity contribution in [3.8, 4) is 0 Å². The molecule has 1 aromatic heterocycles. The number of nitrogens with one attached hydrogen (secondary N) is 1. The molecule has 0 bridgehead atoms. The van der Waals surface area contributed by atoms with Gasteiger partial charge in [-0.1, -0.05) is 17.7 Å². The lowest BCUT2D eigenvalue weighted by Gasteiger charge is -2.09. The fraction of sp³-hybridized carbons (Fsp3) is 0. The quantitative estimate of drug-likeness (QED) is 0.735. The molecule has 19 heavy (non-hydrogen) atoms. The highest BCUT2D eigenvalue weighted by atomic mass is 79.9. The lowest BCUT2D eigenvalue weighted by Crippen LogP contribution is -2.15. The Hall–Kier alpha value is -0.980. The van der Waals surface area contributed by atoms with Gasteiger partial charge in [0.25, 0.3) is 5.91 Å². The van der Waals surface area contributed by atoms with Crippen LogP contribution in [0.3, 0.4) is 0 Å². The predicted octanol–water partition coefficient (Wildman–Crippen LogP) is 4.65. The molecule has 0 unspecified atom stereocenters. The summed E-state index contributed by atoms with van der Waals surface area (Å²) in [5, 5.41) is 2.64. The molecule has 0 saturated carbocycles. The molecule has 1 aromatic carbocycles. The summed E-state index contributed by atoms with van der Waals surface area (Å²) in [5.41, 5.74) is 0.217. The molecule has 0 fully saturated rings. The van der Waals surface area contributed by atoms with E-state index in [9.17, 15) is 9.18 Å². The minimum Gasteiger partial charge on any atom is -0.319 e.